The molecular weight excluding hydrogens is 353 g/mol. The van der Waals surface area contributed by atoms with Crippen LogP contribution < -0.4 is 10.1 Å². The Balaban J connectivity index is 1.51. The first-order chi connectivity index (χ1) is 13.6. The van der Waals surface area contributed by atoms with E-state index in [-0.39, 0.29) is 17.4 Å². The number of ether oxygens (including phenoxy) is 1. The Bertz CT molecular complexity index is 1030. The minimum Gasteiger partial charge on any atom is -0.436 e. The van der Waals surface area contributed by atoms with E-state index < -0.39 is 0 Å². The number of aromatic nitrogens is 2. The van der Waals surface area contributed by atoms with Crippen LogP contribution in [-0.4, -0.2) is 9.97 Å². The van der Waals surface area contributed by atoms with Gasteiger partial charge in [0.1, 0.15) is 0 Å². The number of nitrogens with one attached hydrogen (secondary N) is 1. The van der Waals surface area contributed by atoms with Gasteiger partial charge >= 0.3 is 0 Å². The largest absolute Gasteiger partial charge is 0.436 e. The van der Waals surface area contributed by atoms with E-state index in [1.807, 2.05) is 31.2 Å². The fourth-order valence-electron chi connectivity index (χ4n) is 3.34. The summed E-state index contributed by atoms with van der Waals surface area (Å²) in [6.07, 6.45) is 6.41. The normalized spacial score (nSPS) is 12.5. The Morgan fingerprint density at radius 1 is 1.11 bits per heavy atom. The summed E-state index contributed by atoms with van der Waals surface area (Å²) in [4.78, 5) is 8.56. The van der Waals surface area contributed by atoms with Crippen LogP contribution in [0, 0.1) is 5.82 Å². The Labute approximate surface area is 164 Å². The van der Waals surface area contributed by atoms with Crippen molar-refractivity contribution in [1.29, 1.82) is 0 Å². The minimum atomic E-state index is -0.353. The average Bonchev–Trinajstić information content (AvgIpc) is 3.08. The Morgan fingerprint density at radius 2 is 1.93 bits per heavy atom. The summed E-state index contributed by atoms with van der Waals surface area (Å²) in [6.45, 7) is 4.16. The summed E-state index contributed by atoms with van der Waals surface area (Å²) in [5.41, 5.74) is 4.92. The van der Waals surface area contributed by atoms with Crippen molar-refractivity contribution in [3.05, 3.63) is 76.7 Å². The van der Waals surface area contributed by atoms with Gasteiger partial charge in [-0.2, -0.15) is 4.98 Å². The van der Waals surface area contributed by atoms with E-state index in [4.69, 9.17) is 4.74 Å². The maximum Gasteiger partial charge on any atom is 0.230 e. The van der Waals surface area contributed by atoms with Gasteiger partial charge in [-0.1, -0.05) is 43.2 Å². The van der Waals surface area contributed by atoms with Crippen LogP contribution in [-0.2, 0) is 12.8 Å². The van der Waals surface area contributed by atoms with E-state index >= 15 is 0 Å². The van der Waals surface area contributed by atoms with Crippen LogP contribution in [0.5, 0.6) is 11.6 Å². The zero-order chi connectivity index (χ0) is 19.5. The molecule has 0 unspecified atom stereocenters. The van der Waals surface area contributed by atoms with Crippen LogP contribution in [0.4, 0.5) is 16.0 Å². The van der Waals surface area contributed by atoms with E-state index in [2.05, 4.69) is 34.3 Å². The summed E-state index contributed by atoms with van der Waals surface area (Å²) in [5, 5.41) is 3.16. The zero-order valence-corrected chi connectivity index (χ0v) is 16.0. The van der Waals surface area contributed by atoms with Gasteiger partial charge in [0, 0.05) is 23.5 Å². The van der Waals surface area contributed by atoms with E-state index in [9.17, 15) is 4.39 Å². The molecule has 4 nitrogen and oxygen atoms in total. The van der Waals surface area contributed by atoms with Gasteiger partial charge in [-0.25, -0.2) is 9.37 Å². The van der Waals surface area contributed by atoms with Crippen molar-refractivity contribution in [2.45, 2.75) is 33.1 Å². The number of halogens is 1. The molecule has 0 bridgehead atoms. The highest BCUT2D eigenvalue weighted by atomic mass is 19.1. The number of anilines is 2. The molecule has 1 aromatic heterocycles. The zero-order valence-electron chi connectivity index (χ0n) is 16.0. The van der Waals surface area contributed by atoms with Crippen LogP contribution in [0.15, 0.2) is 54.2 Å². The van der Waals surface area contributed by atoms with E-state index in [0.29, 0.717) is 11.5 Å². The minimum absolute atomic E-state index is 0.165. The molecule has 0 radical (unpaired) electrons. The van der Waals surface area contributed by atoms with Crippen molar-refractivity contribution in [3.63, 3.8) is 0 Å². The van der Waals surface area contributed by atoms with Gasteiger partial charge in [0.15, 0.2) is 11.6 Å². The highest BCUT2D eigenvalue weighted by Crippen LogP contribution is 2.34. The molecule has 1 aliphatic carbocycles. The van der Waals surface area contributed by atoms with Gasteiger partial charge in [-0.3, -0.25) is 0 Å². The lowest BCUT2D eigenvalue weighted by molar-refractivity contribution is 0.426. The van der Waals surface area contributed by atoms with Gasteiger partial charge in [0.25, 0.3) is 0 Å². The molecule has 4 rings (SSSR count). The Hall–Kier alpha value is -3.21. The van der Waals surface area contributed by atoms with Gasteiger partial charge in [-0.15, -0.1) is 0 Å². The highest BCUT2D eigenvalue weighted by molar-refractivity contribution is 5.65. The van der Waals surface area contributed by atoms with Crippen molar-refractivity contribution in [3.8, 4) is 11.6 Å². The fraction of sp³-hybridized carbons (Fsp3) is 0.217. The second kappa shape index (κ2) is 7.80. The van der Waals surface area contributed by atoms with Crippen LogP contribution in [0.25, 0.3) is 6.08 Å². The van der Waals surface area contributed by atoms with Gasteiger partial charge in [-0.05, 0) is 49.1 Å². The molecule has 0 saturated carbocycles. The third-order valence-corrected chi connectivity index (χ3v) is 4.69. The lowest BCUT2D eigenvalue weighted by Crippen LogP contribution is -2.00. The SMILES string of the molecule is CCCc1ccc(Nc2nccc(Oc3ccc4c(c3F)C=C(C)C4)n2)cc1. The molecule has 0 fully saturated rings. The van der Waals surface area contributed by atoms with Crippen molar-refractivity contribution in [2.24, 2.45) is 0 Å². The van der Waals surface area contributed by atoms with Crippen molar-refractivity contribution >= 4 is 17.7 Å². The monoisotopic (exact) mass is 375 g/mol. The smallest absolute Gasteiger partial charge is 0.230 e. The van der Waals surface area contributed by atoms with Crippen molar-refractivity contribution < 1.29 is 9.13 Å². The fourth-order valence-corrected chi connectivity index (χ4v) is 3.34. The number of hydrogen-bond donors (Lipinski definition) is 1. The molecule has 142 valence electrons. The molecule has 0 amide bonds. The van der Waals surface area contributed by atoms with Gasteiger partial charge < -0.3 is 10.1 Å². The first-order valence-corrected chi connectivity index (χ1v) is 9.48. The number of benzene rings is 2. The summed E-state index contributed by atoms with van der Waals surface area (Å²) in [7, 11) is 0. The molecular formula is C23H22FN3O. The molecule has 2 aromatic carbocycles. The second-order valence-corrected chi connectivity index (χ2v) is 7.01. The molecule has 1 N–H and O–H groups in total. The predicted octanol–water partition coefficient (Wildman–Crippen LogP) is 6.06. The maximum absolute atomic E-state index is 14.8. The molecule has 5 heteroatoms. The quantitative estimate of drug-likeness (QED) is 0.568. The lowest BCUT2D eigenvalue weighted by Gasteiger charge is -2.10. The maximum atomic E-state index is 14.8. The first-order valence-electron chi connectivity index (χ1n) is 9.48. The number of rotatable bonds is 6. The Morgan fingerprint density at radius 3 is 2.71 bits per heavy atom. The summed E-state index contributed by atoms with van der Waals surface area (Å²) < 4.78 is 20.5. The van der Waals surface area contributed by atoms with Crippen LogP contribution in [0.1, 0.15) is 37.0 Å². The number of fused-ring (bicyclic) bond motifs is 1. The predicted molar refractivity (Wildman–Crippen MR) is 110 cm³/mol. The third-order valence-electron chi connectivity index (χ3n) is 4.69. The van der Waals surface area contributed by atoms with Crippen molar-refractivity contribution in [1.82, 2.24) is 9.97 Å². The number of hydrogen-bond acceptors (Lipinski definition) is 4. The van der Waals surface area contributed by atoms with E-state index in [1.165, 1.54) is 5.56 Å². The third kappa shape index (κ3) is 3.88. The topological polar surface area (TPSA) is 47.0 Å². The first kappa shape index (κ1) is 18.2. The lowest BCUT2D eigenvalue weighted by atomic mass is 10.1. The Kier molecular flexibility index (Phi) is 5.06. The molecule has 1 aliphatic rings. The molecule has 0 atom stereocenters. The van der Waals surface area contributed by atoms with Crippen LogP contribution >= 0.6 is 0 Å². The number of allylic oxidation sites excluding steroid dienone is 1. The van der Waals surface area contributed by atoms with Gasteiger partial charge in [0.05, 0.1) is 0 Å². The summed E-state index contributed by atoms with van der Waals surface area (Å²) in [6, 6.07) is 13.3. The summed E-state index contributed by atoms with van der Waals surface area (Å²) >= 11 is 0. The van der Waals surface area contributed by atoms with Crippen LogP contribution in [0.2, 0.25) is 0 Å². The molecule has 0 aliphatic heterocycles. The summed E-state index contributed by atoms with van der Waals surface area (Å²) in [5.74, 6) is 0.503. The molecule has 0 spiro atoms. The number of nitrogens with zero attached hydrogens (tertiary/aromatic N) is 2. The van der Waals surface area contributed by atoms with E-state index in [1.54, 1.807) is 18.3 Å². The van der Waals surface area contributed by atoms with Gasteiger partial charge in [0.2, 0.25) is 11.8 Å². The molecule has 28 heavy (non-hydrogen) atoms. The highest BCUT2D eigenvalue weighted by Gasteiger charge is 2.18. The number of aryl methyl sites for hydroxylation is 1. The molecule has 1 heterocycles. The second-order valence-electron chi connectivity index (χ2n) is 7.01. The van der Waals surface area contributed by atoms with Crippen LogP contribution in [0.3, 0.4) is 0 Å². The van der Waals surface area contributed by atoms with E-state index in [0.717, 1.165) is 36.1 Å². The molecule has 0 saturated heterocycles. The van der Waals surface area contributed by atoms with Crippen molar-refractivity contribution in [2.75, 3.05) is 5.32 Å². The average molecular weight is 375 g/mol. The molecule has 3 aromatic rings. The standard InChI is InChI=1S/C23H22FN3O/c1-3-4-16-5-8-18(9-6-16)26-23-25-12-11-21(27-23)28-20-10-7-17-13-15(2)14-19(17)22(20)24/h5-12,14H,3-4,13H2,1-2H3,(H,25,26,27).